The molecule has 0 fully saturated rings. The van der Waals surface area contributed by atoms with E-state index >= 15 is 0 Å². The second-order valence-electron chi connectivity index (χ2n) is 3.72. The predicted molar refractivity (Wildman–Crippen MR) is 72.1 cm³/mol. The molecule has 0 heterocycles. The molecule has 0 saturated carbocycles. The molecular weight excluding hydrogens is 218 g/mol. The molecule has 16 heavy (non-hydrogen) atoms. The number of hydrogen-bond acceptors (Lipinski definition) is 3. The van der Waals surface area contributed by atoms with Crippen LogP contribution in [0.25, 0.3) is 0 Å². The fourth-order valence-corrected chi connectivity index (χ4v) is 2.82. The van der Waals surface area contributed by atoms with Gasteiger partial charge in [-0.2, -0.15) is 11.8 Å². The molecule has 90 valence electrons. The second-order valence-corrected chi connectivity index (χ2v) is 5.14. The van der Waals surface area contributed by atoms with Crippen molar-refractivity contribution < 1.29 is 4.74 Å². The zero-order chi connectivity index (χ0) is 12.0. The van der Waals surface area contributed by atoms with Gasteiger partial charge in [0, 0.05) is 11.3 Å². The smallest absolute Gasteiger partial charge is 0.119 e. The highest BCUT2D eigenvalue weighted by molar-refractivity contribution is 7.99. The summed E-state index contributed by atoms with van der Waals surface area (Å²) in [7, 11) is 1.70. The van der Waals surface area contributed by atoms with Gasteiger partial charge >= 0.3 is 0 Å². The van der Waals surface area contributed by atoms with Gasteiger partial charge in [-0.25, -0.2) is 0 Å². The highest BCUT2D eigenvalue weighted by atomic mass is 32.2. The molecule has 3 heteroatoms. The molecule has 0 aliphatic heterocycles. The van der Waals surface area contributed by atoms with Crippen LogP contribution in [0.4, 0.5) is 0 Å². The Morgan fingerprint density at radius 2 is 2.12 bits per heavy atom. The van der Waals surface area contributed by atoms with Gasteiger partial charge in [0.15, 0.2) is 0 Å². The maximum atomic E-state index is 6.17. The molecule has 2 nitrogen and oxygen atoms in total. The van der Waals surface area contributed by atoms with E-state index in [9.17, 15) is 0 Å². The number of methoxy groups -OCH3 is 1. The normalized spacial score (nSPS) is 14.5. The van der Waals surface area contributed by atoms with E-state index in [2.05, 4.69) is 26.0 Å². The average molecular weight is 239 g/mol. The third-order valence-corrected chi connectivity index (χ3v) is 3.94. The van der Waals surface area contributed by atoms with Crippen LogP contribution in [-0.4, -0.2) is 18.9 Å². The minimum atomic E-state index is 0.206. The van der Waals surface area contributed by atoms with Crippen LogP contribution < -0.4 is 10.5 Å². The molecular formula is C13H21NOS. The van der Waals surface area contributed by atoms with Crippen molar-refractivity contribution in [3.8, 4) is 5.75 Å². The van der Waals surface area contributed by atoms with Gasteiger partial charge in [0.1, 0.15) is 5.75 Å². The fraction of sp³-hybridized carbons (Fsp3) is 0.538. The molecule has 0 bridgehead atoms. The summed E-state index contributed by atoms with van der Waals surface area (Å²) < 4.78 is 5.25. The van der Waals surface area contributed by atoms with Crippen molar-refractivity contribution >= 4 is 11.8 Å². The first-order chi connectivity index (χ1) is 7.72. The van der Waals surface area contributed by atoms with Crippen molar-refractivity contribution in [2.45, 2.75) is 31.6 Å². The summed E-state index contributed by atoms with van der Waals surface area (Å²) in [6, 6.07) is 8.42. The van der Waals surface area contributed by atoms with Crippen LogP contribution in [0.5, 0.6) is 5.75 Å². The van der Waals surface area contributed by atoms with Crippen LogP contribution in [0.2, 0.25) is 0 Å². The summed E-state index contributed by atoms with van der Waals surface area (Å²) in [6.45, 7) is 4.30. The molecule has 1 aromatic rings. The van der Waals surface area contributed by atoms with Crippen LogP contribution in [0.1, 0.15) is 31.1 Å². The summed E-state index contributed by atoms with van der Waals surface area (Å²) in [5.74, 6) is 1.98. The lowest BCUT2D eigenvalue weighted by molar-refractivity contribution is 0.414. The average Bonchev–Trinajstić information content (AvgIpc) is 2.35. The highest BCUT2D eigenvalue weighted by Gasteiger charge is 2.18. The van der Waals surface area contributed by atoms with Crippen LogP contribution in [0.15, 0.2) is 24.3 Å². The quantitative estimate of drug-likeness (QED) is 0.828. The number of hydrogen-bond donors (Lipinski definition) is 1. The summed E-state index contributed by atoms with van der Waals surface area (Å²) >= 11 is 1.90. The Bertz CT molecular complexity index is 317. The molecule has 0 aromatic heterocycles. The van der Waals surface area contributed by atoms with Crippen molar-refractivity contribution in [1.29, 1.82) is 0 Å². The third-order valence-electron chi connectivity index (χ3n) is 2.63. The van der Waals surface area contributed by atoms with E-state index in [1.807, 2.05) is 23.9 Å². The summed E-state index contributed by atoms with van der Waals surface area (Å²) in [6.07, 6.45) is 0.995. The van der Waals surface area contributed by atoms with Crippen LogP contribution >= 0.6 is 11.8 Å². The minimum Gasteiger partial charge on any atom is -0.497 e. The largest absolute Gasteiger partial charge is 0.497 e. The van der Waals surface area contributed by atoms with E-state index in [-0.39, 0.29) is 6.04 Å². The van der Waals surface area contributed by atoms with Gasteiger partial charge in [-0.1, -0.05) is 26.0 Å². The minimum absolute atomic E-state index is 0.206. The summed E-state index contributed by atoms with van der Waals surface area (Å²) in [4.78, 5) is 0. The van der Waals surface area contributed by atoms with Crippen molar-refractivity contribution in [2.75, 3.05) is 12.9 Å². The monoisotopic (exact) mass is 239 g/mol. The van der Waals surface area contributed by atoms with Crippen molar-refractivity contribution in [3.63, 3.8) is 0 Å². The molecule has 0 aliphatic carbocycles. The molecule has 2 N–H and O–H groups in total. The van der Waals surface area contributed by atoms with E-state index in [0.29, 0.717) is 5.25 Å². The zero-order valence-corrected chi connectivity index (χ0v) is 11.1. The van der Waals surface area contributed by atoms with E-state index in [1.54, 1.807) is 7.11 Å². The fourth-order valence-electron chi connectivity index (χ4n) is 1.68. The summed E-state index contributed by atoms with van der Waals surface area (Å²) in [5.41, 5.74) is 7.43. The first-order valence-corrected chi connectivity index (χ1v) is 6.78. The van der Waals surface area contributed by atoms with Crippen LogP contribution in [0.3, 0.4) is 0 Å². The Balaban J connectivity index is 2.90. The van der Waals surface area contributed by atoms with Crippen molar-refractivity contribution in [1.82, 2.24) is 0 Å². The first-order valence-electron chi connectivity index (χ1n) is 5.74. The maximum absolute atomic E-state index is 6.17. The molecule has 1 aromatic carbocycles. The predicted octanol–water partition coefficient (Wildman–Crippen LogP) is 3.23. The Morgan fingerprint density at radius 1 is 1.38 bits per heavy atom. The molecule has 0 spiro atoms. The number of rotatable bonds is 6. The zero-order valence-electron chi connectivity index (χ0n) is 10.3. The SMILES string of the molecule is CCSC(c1cccc(OC)c1)C(N)CC. The van der Waals surface area contributed by atoms with E-state index in [4.69, 9.17) is 10.5 Å². The van der Waals surface area contributed by atoms with Gasteiger partial charge in [0.25, 0.3) is 0 Å². The lowest BCUT2D eigenvalue weighted by Crippen LogP contribution is -2.25. The highest BCUT2D eigenvalue weighted by Crippen LogP contribution is 2.33. The Morgan fingerprint density at radius 3 is 2.69 bits per heavy atom. The van der Waals surface area contributed by atoms with Gasteiger partial charge in [-0.05, 0) is 29.9 Å². The van der Waals surface area contributed by atoms with E-state index in [1.165, 1.54) is 5.56 Å². The molecule has 0 amide bonds. The summed E-state index contributed by atoms with van der Waals surface area (Å²) in [5, 5.41) is 0.366. The molecule has 0 aliphatic rings. The number of nitrogens with two attached hydrogens (primary N) is 1. The van der Waals surface area contributed by atoms with Crippen molar-refractivity contribution in [3.05, 3.63) is 29.8 Å². The molecule has 0 saturated heterocycles. The van der Waals surface area contributed by atoms with Gasteiger partial charge in [0.2, 0.25) is 0 Å². The Labute approximate surface area is 103 Å². The van der Waals surface area contributed by atoms with Gasteiger partial charge < -0.3 is 10.5 Å². The topological polar surface area (TPSA) is 35.2 Å². The van der Waals surface area contributed by atoms with E-state index < -0.39 is 0 Å². The number of thioether (sulfide) groups is 1. The molecule has 0 radical (unpaired) electrons. The lowest BCUT2D eigenvalue weighted by atomic mass is 10.0. The van der Waals surface area contributed by atoms with Gasteiger partial charge in [0.05, 0.1) is 7.11 Å². The maximum Gasteiger partial charge on any atom is 0.119 e. The number of ether oxygens (including phenoxy) is 1. The van der Waals surface area contributed by atoms with Crippen molar-refractivity contribution in [2.24, 2.45) is 5.73 Å². The van der Waals surface area contributed by atoms with Gasteiger partial charge in [-0.3, -0.25) is 0 Å². The molecule has 1 rings (SSSR count). The standard InChI is InChI=1S/C13H21NOS/c1-4-12(14)13(16-5-2)10-7-6-8-11(9-10)15-3/h6-9,12-13H,4-5,14H2,1-3H3. The van der Waals surface area contributed by atoms with Crippen LogP contribution in [0, 0.1) is 0 Å². The lowest BCUT2D eigenvalue weighted by Gasteiger charge is -2.22. The van der Waals surface area contributed by atoms with Crippen LogP contribution in [-0.2, 0) is 0 Å². The molecule has 2 atom stereocenters. The first kappa shape index (κ1) is 13.4. The van der Waals surface area contributed by atoms with E-state index in [0.717, 1.165) is 17.9 Å². The second kappa shape index (κ2) is 6.81. The third kappa shape index (κ3) is 3.42. The molecule has 2 unspecified atom stereocenters. The number of benzene rings is 1. The Hall–Kier alpha value is -0.670. The Kier molecular flexibility index (Phi) is 5.71. The van der Waals surface area contributed by atoms with Gasteiger partial charge in [-0.15, -0.1) is 0 Å².